The number of ether oxygens (including phenoxy) is 2. The molecule has 0 saturated heterocycles. The lowest BCUT2D eigenvalue weighted by Gasteiger charge is -2.23. The van der Waals surface area contributed by atoms with Gasteiger partial charge in [0.15, 0.2) is 11.5 Å². The minimum atomic E-state index is -0.520. The van der Waals surface area contributed by atoms with Gasteiger partial charge < -0.3 is 25.4 Å². The zero-order chi connectivity index (χ0) is 21.8. The number of carbonyl (C=O) groups excluding carboxylic acids is 2. The Balaban J connectivity index is 1.29. The Morgan fingerprint density at radius 1 is 1.06 bits per heavy atom. The average molecular weight is 421 g/mol. The fourth-order valence-electron chi connectivity index (χ4n) is 4.27. The van der Waals surface area contributed by atoms with Crippen LogP contribution in [-0.4, -0.2) is 30.2 Å². The molecule has 1 fully saturated rings. The van der Waals surface area contributed by atoms with Crippen LogP contribution in [0.2, 0.25) is 0 Å². The van der Waals surface area contributed by atoms with Crippen LogP contribution in [0.5, 0.6) is 11.5 Å². The molecule has 3 N–H and O–H groups in total. The molecule has 2 aliphatic heterocycles. The molecule has 3 aliphatic rings. The van der Waals surface area contributed by atoms with Gasteiger partial charge in [-0.25, -0.2) is 0 Å². The Morgan fingerprint density at radius 3 is 2.58 bits per heavy atom. The van der Waals surface area contributed by atoms with Crippen LogP contribution in [0.1, 0.15) is 44.7 Å². The second-order valence-corrected chi connectivity index (χ2v) is 9.62. The molecule has 1 saturated carbocycles. The van der Waals surface area contributed by atoms with Crippen molar-refractivity contribution in [1.82, 2.24) is 5.32 Å². The highest BCUT2D eigenvalue weighted by molar-refractivity contribution is 6.02. The van der Waals surface area contributed by atoms with Gasteiger partial charge >= 0.3 is 0 Å². The number of carbonyl (C=O) groups is 2. The van der Waals surface area contributed by atoms with Crippen molar-refractivity contribution in [1.29, 1.82) is 0 Å². The van der Waals surface area contributed by atoms with Crippen LogP contribution < -0.4 is 25.4 Å². The minimum Gasteiger partial charge on any atom is -0.454 e. The molecule has 0 aromatic heterocycles. The predicted octanol–water partition coefficient (Wildman–Crippen LogP) is 3.34. The lowest BCUT2D eigenvalue weighted by Crippen LogP contribution is -2.47. The van der Waals surface area contributed by atoms with E-state index in [1.54, 1.807) is 0 Å². The van der Waals surface area contributed by atoms with E-state index in [2.05, 4.69) is 16.0 Å². The Labute approximate surface area is 181 Å². The van der Waals surface area contributed by atoms with Gasteiger partial charge in [-0.1, -0.05) is 6.07 Å². The number of rotatable bonds is 4. The molecule has 1 unspecified atom stereocenters. The quantitative estimate of drug-likeness (QED) is 0.705. The summed E-state index contributed by atoms with van der Waals surface area (Å²) in [6.07, 6.45) is 2.20. The summed E-state index contributed by atoms with van der Waals surface area (Å²) in [4.78, 5) is 25.7. The van der Waals surface area contributed by atoms with Gasteiger partial charge in [-0.2, -0.15) is 0 Å². The first-order chi connectivity index (χ1) is 14.7. The third kappa shape index (κ3) is 3.69. The summed E-state index contributed by atoms with van der Waals surface area (Å²) in [5.74, 6) is 1.38. The van der Waals surface area contributed by atoms with E-state index in [0.717, 1.165) is 41.1 Å². The normalized spacial score (nSPS) is 19.9. The molecule has 7 heteroatoms. The molecule has 5 rings (SSSR count). The topological polar surface area (TPSA) is 88.7 Å². The number of nitrogens with one attached hydrogen (secondary N) is 3. The van der Waals surface area contributed by atoms with E-state index in [1.807, 2.05) is 57.2 Å². The molecule has 2 heterocycles. The van der Waals surface area contributed by atoms with Gasteiger partial charge in [-0.3, -0.25) is 9.59 Å². The van der Waals surface area contributed by atoms with Crippen molar-refractivity contribution in [3.63, 3.8) is 0 Å². The maximum absolute atomic E-state index is 13.2. The van der Waals surface area contributed by atoms with Crippen molar-refractivity contribution in [2.45, 2.75) is 57.0 Å². The number of amides is 2. The van der Waals surface area contributed by atoms with E-state index in [0.29, 0.717) is 12.2 Å². The highest BCUT2D eigenvalue weighted by atomic mass is 16.7. The fraction of sp³-hybridized carbons (Fsp3) is 0.417. The van der Waals surface area contributed by atoms with Crippen molar-refractivity contribution < 1.29 is 19.1 Å². The SMILES string of the molecule is CC(C)(C)NC(=O)C1Cc2cc(NC(=O)C3(c4ccc5c(c4)OCO5)CC3)ccc2N1. The first-order valence-electron chi connectivity index (χ1n) is 10.7. The average Bonchev–Trinajstić information content (AvgIpc) is 3.19. The number of hydrogen-bond acceptors (Lipinski definition) is 5. The molecular weight excluding hydrogens is 394 g/mol. The Kier molecular flexibility index (Phi) is 4.39. The summed E-state index contributed by atoms with van der Waals surface area (Å²) in [5.41, 5.74) is 2.86. The van der Waals surface area contributed by atoms with Gasteiger partial charge in [0.05, 0.1) is 5.41 Å². The molecule has 7 nitrogen and oxygen atoms in total. The first-order valence-corrected chi connectivity index (χ1v) is 10.7. The van der Waals surface area contributed by atoms with Crippen LogP contribution in [0, 0.1) is 0 Å². The summed E-state index contributed by atoms with van der Waals surface area (Å²) < 4.78 is 10.9. The third-order valence-electron chi connectivity index (χ3n) is 6.04. The molecular formula is C24H27N3O4. The van der Waals surface area contributed by atoms with Crippen LogP contribution in [0.15, 0.2) is 36.4 Å². The van der Waals surface area contributed by atoms with E-state index in [4.69, 9.17) is 9.47 Å². The molecule has 31 heavy (non-hydrogen) atoms. The molecule has 0 spiro atoms. The number of hydrogen-bond donors (Lipinski definition) is 3. The maximum Gasteiger partial charge on any atom is 0.243 e. The summed E-state index contributed by atoms with van der Waals surface area (Å²) in [7, 11) is 0. The van der Waals surface area contributed by atoms with Crippen LogP contribution >= 0.6 is 0 Å². The van der Waals surface area contributed by atoms with E-state index < -0.39 is 5.41 Å². The molecule has 2 amide bonds. The van der Waals surface area contributed by atoms with Gasteiger partial charge in [-0.15, -0.1) is 0 Å². The summed E-state index contributed by atoms with van der Waals surface area (Å²) >= 11 is 0. The molecule has 0 bridgehead atoms. The number of fused-ring (bicyclic) bond motifs is 2. The van der Waals surface area contributed by atoms with Crippen LogP contribution in [0.4, 0.5) is 11.4 Å². The van der Waals surface area contributed by atoms with Crippen LogP contribution in [0.25, 0.3) is 0 Å². The molecule has 1 atom stereocenters. The maximum atomic E-state index is 13.2. The molecule has 0 radical (unpaired) electrons. The third-order valence-corrected chi connectivity index (χ3v) is 6.04. The van der Waals surface area contributed by atoms with Gasteiger partial charge in [0.25, 0.3) is 0 Å². The Bertz CT molecular complexity index is 1070. The molecule has 1 aliphatic carbocycles. The molecule has 162 valence electrons. The minimum absolute atomic E-state index is 0.0145. The van der Waals surface area contributed by atoms with Crippen molar-refractivity contribution >= 4 is 23.2 Å². The second kappa shape index (κ2) is 6.90. The van der Waals surface area contributed by atoms with Gasteiger partial charge in [0, 0.05) is 23.3 Å². The van der Waals surface area contributed by atoms with Crippen molar-refractivity contribution in [3.8, 4) is 11.5 Å². The van der Waals surface area contributed by atoms with Gasteiger partial charge in [0.2, 0.25) is 18.6 Å². The van der Waals surface area contributed by atoms with Crippen molar-refractivity contribution in [2.75, 3.05) is 17.4 Å². The van der Waals surface area contributed by atoms with E-state index in [1.165, 1.54) is 0 Å². The van der Waals surface area contributed by atoms with E-state index >= 15 is 0 Å². The number of benzene rings is 2. The highest BCUT2D eigenvalue weighted by Crippen LogP contribution is 2.51. The second-order valence-electron chi connectivity index (χ2n) is 9.62. The fourth-order valence-corrected chi connectivity index (χ4v) is 4.27. The van der Waals surface area contributed by atoms with Crippen molar-refractivity contribution in [2.24, 2.45) is 0 Å². The van der Waals surface area contributed by atoms with Crippen LogP contribution in [-0.2, 0) is 21.4 Å². The monoisotopic (exact) mass is 421 g/mol. The van der Waals surface area contributed by atoms with Gasteiger partial charge in [0.1, 0.15) is 6.04 Å². The molecule has 2 aromatic carbocycles. The lowest BCUT2D eigenvalue weighted by atomic mass is 9.94. The number of anilines is 2. The lowest BCUT2D eigenvalue weighted by molar-refractivity contribution is -0.123. The Morgan fingerprint density at radius 2 is 1.84 bits per heavy atom. The smallest absolute Gasteiger partial charge is 0.243 e. The highest BCUT2D eigenvalue weighted by Gasteiger charge is 2.51. The summed E-state index contributed by atoms with van der Waals surface area (Å²) in [6, 6.07) is 11.2. The first kappa shape index (κ1) is 19.7. The van der Waals surface area contributed by atoms with E-state index in [-0.39, 0.29) is 30.2 Å². The predicted molar refractivity (Wildman–Crippen MR) is 118 cm³/mol. The zero-order valence-electron chi connectivity index (χ0n) is 18.0. The zero-order valence-corrected chi connectivity index (χ0v) is 18.0. The molecule has 2 aromatic rings. The Hall–Kier alpha value is -3.22. The van der Waals surface area contributed by atoms with Crippen LogP contribution in [0.3, 0.4) is 0 Å². The van der Waals surface area contributed by atoms with E-state index in [9.17, 15) is 9.59 Å². The standard InChI is InChI=1S/C24H27N3O4/c1-23(2,3)27-21(28)18-11-14-10-16(5-6-17(14)26-18)25-22(29)24(8-9-24)15-4-7-19-20(12-15)31-13-30-19/h4-7,10,12,18,26H,8-9,11,13H2,1-3H3,(H,25,29)(H,27,28). The largest absolute Gasteiger partial charge is 0.454 e. The summed E-state index contributed by atoms with van der Waals surface area (Å²) in [5, 5.41) is 9.38. The van der Waals surface area contributed by atoms with Crippen molar-refractivity contribution in [3.05, 3.63) is 47.5 Å². The summed E-state index contributed by atoms with van der Waals surface area (Å²) in [6.45, 7) is 6.12. The van der Waals surface area contributed by atoms with Gasteiger partial charge in [-0.05, 0) is 75.1 Å².